The van der Waals surface area contributed by atoms with Crippen LogP contribution in [0, 0.1) is 16.7 Å². The van der Waals surface area contributed by atoms with Crippen LogP contribution < -0.4 is 10.2 Å². The highest BCUT2D eigenvalue weighted by atomic mass is 16.4. The zero-order valence-corrected chi connectivity index (χ0v) is 28.0. The van der Waals surface area contributed by atoms with Crippen LogP contribution in [0.5, 0.6) is 0 Å². The number of nitrogens with zero attached hydrogens (tertiary/aromatic N) is 2. The Morgan fingerprint density at radius 2 is 1.69 bits per heavy atom. The summed E-state index contributed by atoms with van der Waals surface area (Å²) in [6.45, 7) is 5.09. The van der Waals surface area contributed by atoms with Crippen molar-refractivity contribution in [3.05, 3.63) is 149 Å². The van der Waals surface area contributed by atoms with Gasteiger partial charge in [0.25, 0.3) is 0 Å². The van der Waals surface area contributed by atoms with Gasteiger partial charge >= 0.3 is 0 Å². The average Bonchev–Trinajstić information content (AvgIpc) is 4.06. The van der Waals surface area contributed by atoms with E-state index in [4.69, 9.17) is 9.40 Å². The molecule has 1 spiro atoms. The molecule has 3 saturated carbocycles. The normalized spacial score (nSPS) is 35.6. The van der Waals surface area contributed by atoms with E-state index in [2.05, 4.69) is 127 Å². The van der Waals surface area contributed by atoms with E-state index in [0.29, 0.717) is 11.8 Å². The van der Waals surface area contributed by atoms with E-state index in [9.17, 15) is 0 Å². The fourth-order valence-corrected chi connectivity index (χ4v) is 11.4. The Morgan fingerprint density at radius 1 is 0.878 bits per heavy atom. The van der Waals surface area contributed by atoms with Crippen molar-refractivity contribution in [2.24, 2.45) is 16.7 Å². The molecule has 0 amide bonds. The smallest absolute Gasteiger partial charge is 0.226 e. The highest BCUT2D eigenvalue weighted by molar-refractivity contribution is 6.03. The van der Waals surface area contributed by atoms with E-state index >= 15 is 0 Å². The van der Waals surface area contributed by atoms with Gasteiger partial charge in [-0.05, 0) is 96.2 Å². The molecule has 49 heavy (non-hydrogen) atoms. The van der Waals surface area contributed by atoms with Crippen LogP contribution in [0.15, 0.2) is 131 Å². The summed E-state index contributed by atoms with van der Waals surface area (Å²) in [6, 6.07) is 28.9. The largest absolute Gasteiger partial charge is 0.436 e. The third kappa shape index (κ3) is 3.16. The molecule has 240 valence electrons. The third-order valence-electron chi connectivity index (χ3n) is 14.1. The monoisotopic (exact) mass is 637 g/mol. The van der Waals surface area contributed by atoms with Crippen molar-refractivity contribution in [1.29, 1.82) is 0 Å². The van der Waals surface area contributed by atoms with Gasteiger partial charge in [-0.25, -0.2) is 4.98 Å². The fraction of sp³-hybridized carbons (Fsp3) is 0.311. The van der Waals surface area contributed by atoms with Gasteiger partial charge < -0.3 is 14.6 Å². The Bertz CT molecular complexity index is 2300. The van der Waals surface area contributed by atoms with Gasteiger partial charge in [-0.1, -0.05) is 92.8 Å². The second-order valence-electron chi connectivity index (χ2n) is 16.7. The van der Waals surface area contributed by atoms with E-state index in [1.807, 2.05) is 18.2 Å². The minimum Gasteiger partial charge on any atom is -0.436 e. The van der Waals surface area contributed by atoms with Crippen molar-refractivity contribution in [2.75, 3.05) is 10.2 Å². The van der Waals surface area contributed by atoms with Gasteiger partial charge in [-0.15, -0.1) is 0 Å². The lowest BCUT2D eigenvalue weighted by molar-refractivity contribution is 0.216. The zero-order chi connectivity index (χ0) is 32.4. The van der Waals surface area contributed by atoms with Gasteiger partial charge in [0.05, 0.1) is 16.8 Å². The first kappa shape index (κ1) is 27.0. The van der Waals surface area contributed by atoms with Crippen molar-refractivity contribution < 1.29 is 4.42 Å². The molecule has 0 radical (unpaired) electrons. The maximum absolute atomic E-state index is 6.44. The summed E-state index contributed by atoms with van der Waals surface area (Å²) in [5.74, 6) is 2.52. The summed E-state index contributed by atoms with van der Waals surface area (Å²) >= 11 is 0. The molecule has 6 aliphatic carbocycles. The van der Waals surface area contributed by atoms with Crippen LogP contribution in [0.2, 0.25) is 0 Å². The topological polar surface area (TPSA) is 41.3 Å². The number of hydrogen-bond donors (Lipinski definition) is 1. The summed E-state index contributed by atoms with van der Waals surface area (Å²) in [4.78, 5) is 7.81. The molecule has 4 heteroatoms. The molecule has 1 N–H and O–H groups in total. The van der Waals surface area contributed by atoms with E-state index in [1.165, 1.54) is 40.9 Å². The van der Waals surface area contributed by atoms with Crippen LogP contribution in [0.3, 0.4) is 0 Å². The first-order valence-electron chi connectivity index (χ1n) is 18.2. The minimum absolute atomic E-state index is 0.00116. The lowest BCUT2D eigenvalue weighted by Gasteiger charge is -2.41. The van der Waals surface area contributed by atoms with Crippen LogP contribution in [-0.4, -0.2) is 16.1 Å². The highest BCUT2D eigenvalue weighted by Crippen LogP contribution is 2.77. The maximum atomic E-state index is 6.44. The molecule has 8 aliphatic rings. The summed E-state index contributed by atoms with van der Waals surface area (Å²) < 4.78 is 6.44. The predicted molar refractivity (Wildman–Crippen MR) is 196 cm³/mol. The SMILES string of the molecule is CC1(C)CC2=C(CC=CC3(c4ccc5c(c4)C4=Cc6oc(-c7ccccc7)nc6C6CC46N5)CC23)N(c2ccccc2)C23C=CC=CC12C3. The summed E-state index contributed by atoms with van der Waals surface area (Å²) in [6.07, 6.45) is 22.6. The minimum atomic E-state index is -0.0487. The number of hydrogen-bond acceptors (Lipinski definition) is 4. The number of fused-ring (bicyclic) bond motifs is 6. The first-order valence-corrected chi connectivity index (χ1v) is 18.2. The molecule has 0 saturated heterocycles. The molecule has 3 fully saturated rings. The standard InChI is InChI=1S/C45H39N3O/c1-41(2)24-32-34-25-42(34,19-11-16-37(32)48(30-14-7-4-8-15-30)44-21-10-9-20-43(41,44)27-44)29-17-18-36-31(22-29)33-23-38-39(35-26-45(33,35)47-36)46-40(49-38)28-12-5-3-6-13-28/h3-15,17-23,34-35,47H,16,24-27H2,1-2H3. The average molecular weight is 638 g/mol. The second-order valence-corrected chi connectivity index (χ2v) is 16.7. The molecule has 12 rings (SSSR count). The van der Waals surface area contributed by atoms with Crippen LogP contribution >= 0.6 is 0 Å². The molecule has 6 unspecified atom stereocenters. The van der Waals surface area contributed by atoms with Crippen LogP contribution in [-0.2, 0) is 5.41 Å². The Balaban J connectivity index is 0.961. The number of allylic oxidation sites excluding steroid dienone is 5. The fourth-order valence-electron chi connectivity index (χ4n) is 11.4. The van der Waals surface area contributed by atoms with Crippen molar-refractivity contribution in [1.82, 2.24) is 4.98 Å². The van der Waals surface area contributed by atoms with Crippen molar-refractivity contribution >= 4 is 23.0 Å². The Morgan fingerprint density at radius 3 is 2.55 bits per heavy atom. The number of para-hydroxylation sites is 1. The Kier molecular flexibility index (Phi) is 4.68. The summed E-state index contributed by atoms with van der Waals surface area (Å²) in [5.41, 5.74) is 12.4. The van der Waals surface area contributed by atoms with Crippen LogP contribution in [0.25, 0.3) is 23.1 Å². The van der Waals surface area contributed by atoms with Crippen molar-refractivity contribution in [3.8, 4) is 11.5 Å². The van der Waals surface area contributed by atoms with E-state index in [1.54, 1.807) is 11.3 Å². The lowest BCUT2D eigenvalue weighted by Crippen LogP contribution is -2.43. The second kappa shape index (κ2) is 8.48. The number of aromatic nitrogens is 1. The molecule has 4 nitrogen and oxygen atoms in total. The number of rotatable bonds is 3. The number of oxazole rings is 1. The van der Waals surface area contributed by atoms with Gasteiger partial charge in [0.1, 0.15) is 0 Å². The lowest BCUT2D eigenvalue weighted by atomic mass is 9.68. The molecule has 3 heterocycles. The Hall–Kier alpha value is -4.83. The van der Waals surface area contributed by atoms with Crippen molar-refractivity contribution in [2.45, 2.75) is 68.4 Å². The summed E-state index contributed by atoms with van der Waals surface area (Å²) in [7, 11) is 0. The molecule has 3 aromatic carbocycles. The predicted octanol–water partition coefficient (Wildman–Crippen LogP) is 10.2. The molecular formula is C45H39N3O. The zero-order valence-electron chi connectivity index (χ0n) is 28.0. The number of anilines is 2. The quantitative estimate of drug-likeness (QED) is 0.227. The highest BCUT2D eigenvalue weighted by Gasteiger charge is 2.76. The molecule has 0 bridgehead atoms. The van der Waals surface area contributed by atoms with Gasteiger partial charge in [0, 0.05) is 51.4 Å². The van der Waals surface area contributed by atoms with E-state index in [-0.39, 0.29) is 27.3 Å². The van der Waals surface area contributed by atoms with Gasteiger partial charge in [0.2, 0.25) is 5.89 Å². The van der Waals surface area contributed by atoms with Gasteiger partial charge in [0.15, 0.2) is 5.76 Å². The van der Waals surface area contributed by atoms with Crippen LogP contribution in [0.4, 0.5) is 11.4 Å². The van der Waals surface area contributed by atoms with E-state index in [0.717, 1.165) is 42.2 Å². The molecule has 4 aromatic rings. The maximum Gasteiger partial charge on any atom is 0.226 e. The molecular weight excluding hydrogens is 599 g/mol. The molecule has 6 atom stereocenters. The first-order chi connectivity index (χ1) is 23.9. The number of benzene rings is 3. The van der Waals surface area contributed by atoms with Crippen LogP contribution in [0.1, 0.15) is 74.5 Å². The van der Waals surface area contributed by atoms with Crippen molar-refractivity contribution in [3.63, 3.8) is 0 Å². The van der Waals surface area contributed by atoms with Gasteiger partial charge in [-0.2, -0.15) is 0 Å². The number of nitrogens with one attached hydrogen (secondary N) is 1. The van der Waals surface area contributed by atoms with E-state index < -0.39 is 0 Å². The third-order valence-corrected chi connectivity index (χ3v) is 14.1. The Labute approximate surface area is 287 Å². The molecule has 2 aliphatic heterocycles. The summed E-state index contributed by atoms with van der Waals surface area (Å²) in [5, 5.41) is 3.97. The molecule has 1 aromatic heterocycles. The van der Waals surface area contributed by atoms with Gasteiger partial charge in [-0.3, -0.25) is 0 Å².